The molecule has 0 aromatic carbocycles. The van der Waals surface area contributed by atoms with Crippen LogP contribution in [-0.4, -0.2) is 34.2 Å². The summed E-state index contributed by atoms with van der Waals surface area (Å²) in [6.07, 6.45) is 3.22. The average Bonchev–Trinajstić information content (AvgIpc) is 2.30. The number of hydrogen-bond donors (Lipinski definition) is 1. The molecule has 1 unspecified atom stereocenters. The second kappa shape index (κ2) is 6.36. The van der Waals surface area contributed by atoms with Crippen LogP contribution in [-0.2, 0) is 11.3 Å². The summed E-state index contributed by atoms with van der Waals surface area (Å²) in [4.78, 5) is 28.7. The molecule has 106 valence electrons. The highest BCUT2D eigenvalue weighted by Gasteiger charge is 2.17. The van der Waals surface area contributed by atoms with Gasteiger partial charge in [-0.25, -0.2) is 4.98 Å². The van der Waals surface area contributed by atoms with Crippen molar-refractivity contribution in [3.05, 3.63) is 22.7 Å². The number of hydrogen-bond acceptors (Lipinski definition) is 4. The van der Waals surface area contributed by atoms with Gasteiger partial charge in [0.05, 0.1) is 5.92 Å². The lowest BCUT2D eigenvalue weighted by molar-refractivity contribution is -0.140. The highest BCUT2D eigenvalue weighted by molar-refractivity contribution is 5.70. The molecule has 1 heterocycles. The molecule has 0 aliphatic carbocycles. The van der Waals surface area contributed by atoms with Crippen LogP contribution in [0.15, 0.2) is 17.2 Å². The minimum atomic E-state index is -0.884. The highest BCUT2D eigenvalue weighted by atomic mass is 16.4. The van der Waals surface area contributed by atoms with E-state index in [1.807, 2.05) is 13.8 Å². The lowest BCUT2D eigenvalue weighted by atomic mass is 10.2. The topological polar surface area (TPSA) is 75.4 Å². The third-order valence-corrected chi connectivity index (χ3v) is 2.79. The Labute approximate surface area is 112 Å². The standard InChI is InChI=1S/C13H21N3O3/c1-9(2)7-16-6-5-14-11(12(16)17)15(4)8-10(3)13(18)19/h5-6,9-10H,7-8H2,1-4H3,(H,18,19). The third-order valence-electron chi connectivity index (χ3n) is 2.79. The van der Waals surface area contributed by atoms with E-state index in [1.54, 1.807) is 35.8 Å². The van der Waals surface area contributed by atoms with E-state index in [0.717, 1.165) is 0 Å². The number of nitrogens with zero attached hydrogens (tertiary/aromatic N) is 3. The van der Waals surface area contributed by atoms with Crippen LogP contribution in [0.4, 0.5) is 5.82 Å². The first kappa shape index (κ1) is 15.2. The van der Waals surface area contributed by atoms with Crippen molar-refractivity contribution in [3.63, 3.8) is 0 Å². The summed E-state index contributed by atoms with van der Waals surface area (Å²) >= 11 is 0. The first-order chi connectivity index (χ1) is 8.82. The van der Waals surface area contributed by atoms with Crippen LogP contribution in [0.2, 0.25) is 0 Å². The minimum absolute atomic E-state index is 0.184. The van der Waals surface area contributed by atoms with Crippen molar-refractivity contribution in [1.29, 1.82) is 0 Å². The Hall–Kier alpha value is -1.85. The van der Waals surface area contributed by atoms with E-state index in [0.29, 0.717) is 12.5 Å². The molecule has 0 bridgehead atoms. The van der Waals surface area contributed by atoms with Gasteiger partial charge >= 0.3 is 5.97 Å². The quantitative estimate of drug-likeness (QED) is 0.834. The molecule has 1 N–H and O–H groups in total. The number of anilines is 1. The second-order valence-electron chi connectivity index (χ2n) is 5.22. The number of carbonyl (C=O) groups is 1. The Morgan fingerprint density at radius 2 is 2.11 bits per heavy atom. The maximum absolute atomic E-state index is 12.2. The van der Waals surface area contributed by atoms with Crippen molar-refractivity contribution in [2.24, 2.45) is 11.8 Å². The Morgan fingerprint density at radius 3 is 2.63 bits per heavy atom. The van der Waals surface area contributed by atoms with E-state index >= 15 is 0 Å². The van der Waals surface area contributed by atoms with Gasteiger partial charge in [-0.2, -0.15) is 0 Å². The number of aliphatic carboxylic acids is 1. The van der Waals surface area contributed by atoms with Crippen molar-refractivity contribution in [2.75, 3.05) is 18.5 Å². The van der Waals surface area contributed by atoms with E-state index in [2.05, 4.69) is 4.98 Å². The molecule has 0 aliphatic rings. The van der Waals surface area contributed by atoms with Crippen molar-refractivity contribution in [1.82, 2.24) is 9.55 Å². The predicted octanol–water partition coefficient (Wildman–Crippen LogP) is 1.06. The molecule has 6 heteroatoms. The molecule has 0 radical (unpaired) electrons. The molecule has 0 aliphatic heterocycles. The van der Waals surface area contributed by atoms with Crippen molar-refractivity contribution < 1.29 is 9.90 Å². The van der Waals surface area contributed by atoms with Gasteiger partial charge in [-0.1, -0.05) is 20.8 Å². The molecule has 0 amide bonds. The average molecular weight is 267 g/mol. The lowest BCUT2D eigenvalue weighted by Crippen LogP contribution is -2.35. The summed E-state index contributed by atoms with van der Waals surface area (Å²) in [6.45, 7) is 6.54. The first-order valence-corrected chi connectivity index (χ1v) is 6.32. The molecular formula is C13H21N3O3. The van der Waals surface area contributed by atoms with Gasteiger partial charge in [0, 0.05) is 32.5 Å². The second-order valence-corrected chi connectivity index (χ2v) is 5.22. The largest absolute Gasteiger partial charge is 0.481 e. The molecule has 1 atom stereocenters. The van der Waals surface area contributed by atoms with Gasteiger partial charge in [0.1, 0.15) is 0 Å². The Bertz CT molecular complexity index is 496. The Kier molecular flexibility index (Phi) is 5.09. The summed E-state index contributed by atoms with van der Waals surface area (Å²) in [6, 6.07) is 0. The summed E-state index contributed by atoms with van der Waals surface area (Å²) in [5.74, 6) is -0.789. The van der Waals surface area contributed by atoms with Crippen LogP contribution in [0.3, 0.4) is 0 Å². The van der Waals surface area contributed by atoms with Gasteiger partial charge in [0.15, 0.2) is 5.82 Å². The van der Waals surface area contributed by atoms with Crippen LogP contribution < -0.4 is 10.5 Å². The molecule has 6 nitrogen and oxygen atoms in total. The van der Waals surface area contributed by atoms with Crippen molar-refractivity contribution in [2.45, 2.75) is 27.3 Å². The van der Waals surface area contributed by atoms with Crippen molar-refractivity contribution in [3.8, 4) is 0 Å². The summed E-state index contributed by atoms with van der Waals surface area (Å²) in [5, 5.41) is 8.89. The zero-order chi connectivity index (χ0) is 14.6. The molecule has 0 saturated heterocycles. The Morgan fingerprint density at radius 1 is 1.47 bits per heavy atom. The molecule has 1 rings (SSSR count). The summed E-state index contributed by atoms with van der Waals surface area (Å²) in [5.41, 5.74) is -0.184. The molecule has 0 spiro atoms. The predicted molar refractivity (Wildman–Crippen MR) is 73.4 cm³/mol. The number of carboxylic acids is 1. The Balaban J connectivity index is 2.95. The molecular weight excluding hydrogens is 246 g/mol. The SMILES string of the molecule is CC(C)Cn1ccnc(N(C)CC(C)C(=O)O)c1=O. The van der Waals surface area contributed by atoms with Crippen LogP contribution in [0.5, 0.6) is 0 Å². The number of aromatic nitrogens is 2. The van der Waals surface area contributed by atoms with E-state index in [4.69, 9.17) is 5.11 Å². The molecule has 0 saturated carbocycles. The van der Waals surface area contributed by atoms with Crippen LogP contribution in [0.1, 0.15) is 20.8 Å². The van der Waals surface area contributed by atoms with Crippen LogP contribution in [0, 0.1) is 11.8 Å². The fourth-order valence-corrected chi connectivity index (χ4v) is 1.81. The van der Waals surface area contributed by atoms with Gasteiger partial charge in [-0.15, -0.1) is 0 Å². The highest BCUT2D eigenvalue weighted by Crippen LogP contribution is 2.06. The van der Waals surface area contributed by atoms with Gasteiger partial charge in [-0.05, 0) is 5.92 Å². The van der Waals surface area contributed by atoms with Gasteiger partial charge < -0.3 is 14.6 Å². The first-order valence-electron chi connectivity index (χ1n) is 6.32. The zero-order valence-electron chi connectivity index (χ0n) is 11.8. The van der Waals surface area contributed by atoms with E-state index in [-0.39, 0.29) is 17.9 Å². The number of carboxylic acid groups (broad SMARTS) is 1. The third kappa shape index (κ3) is 4.08. The normalized spacial score (nSPS) is 12.5. The maximum Gasteiger partial charge on any atom is 0.308 e. The monoisotopic (exact) mass is 267 g/mol. The molecule has 19 heavy (non-hydrogen) atoms. The smallest absolute Gasteiger partial charge is 0.308 e. The summed E-state index contributed by atoms with van der Waals surface area (Å²) < 4.78 is 1.61. The maximum atomic E-state index is 12.2. The van der Waals surface area contributed by atoms with Gasteiger partial charge in [0.2, 0.25) is 0 Å². The van der Waals surface area contributed by atoms with E-state index in [9.17, 15) is 9.59 Å². The lowest BCUT2D eigenvalue weighted by Gasteiger charge is -2.20. The molecule has 0 fully saturated rings. The summed E-state index contributed by atoms with van der Waals surface area (Å²) in [7, 11) is 1.68. The van der Waals surface area contributed by atoms with Crippen LogP contribution in [0.25, 0.3) is 0 Å². The van der Waals surface area contributed by atoms with Crippen LogP contribution >= 0.6 is 0 Å². The minimum Gasteiger partial charge on any atom is -0.481 e. The molecule has 1 aromatic rings. The van der Waals surface area contributed by atoms with E-state index < -0.39 is 11.9 Å². The van der Waals surface area contributed by atoms with Gasteiger partial charge in [0.25, 0.3) is 5.56 Å². The van der Waals surface area contributed by atoms with Gasteiger partial charge in [-0.3, -0.25) is 9.59 Å². The van der Waals surface area contributed by atoms with Crippen molar-refractivity contribution >= 4 is 11.8 Å². The fraction of sp³-hybridized carbons (Fsp3) is 0.615. The molecule has 1 aromatic heterocycles. The fourth-order valence-electron chi connectivity index (χ4n) is 1.81. The number of rotatable bonds is 6. The van der Waals surface area contributed by atoms with E-state index in [1.165, 1.54) is 0 Å². The zero-order valence-corrected chi connectivity index (χ0v) is 11.8.